The average molecular weight is 353 g/mol. The highest BCUT2D eigenvalue weighted by Crippen LogP contribution is 2.36. The van der Waals surface area contributed by atoms with Crippen molar-refractivity contribution in [2.24, 2.45) is 5.92 Å². The van der Waals surface area contributed by atoms with E-state index in [1.165, 1.54) is 6.07 Å². The van der Waals surface area contributed by atoms with Crippen LogP contribution in [-0.4, -0.2) is 18.3 Å². The van der Waals surface area contributed by atoms with Crippen molar-refractivity contribution in [3.63, 3.8) is 0 Å². The van der Waals surface area contributed by atoms with Gasteiger partial charge in [-0.3, -0.25) is 0 Å². The quantitative estimate of drug-likeness (QED) is 0.877. The number of hydrogen-bond donors (Lipinski definition) is 1. The fourth-order valence-electron chi connectivity index (χ4n) is 2.40. The van der Waals surface area contributed by atoms with Gasteiger partial charge in [-0.05, 0) is 48.9 Å². The van der Waals surface area contributed by atoms with E-state index in [2.05, 4.69) is 15.9 Å². The smallest absolute Gasteiger partial charge is 0.388 e. The fourth-order valence-corrected chi connectivity index (χ4v) is 2.91. The molecule has 0 aliphatic carbocycles. The maximum atomic E-state index is 12.7. The summed E-state index contributed by atoms with van der Waals surface area (Å²) in [5.41, 5.74) is -0.437. The van der Waals surface area contributed by atoms with Gasteiger partial charge in [-0.15, -0.1) is 0 Å². The van der Waals surface area contributed by atoms with Crippen LogP contribution in [0.4, 0.5) is 13.2 Å². The third kappa shape index (κ3) is 3.96. The molecule has 0 amide bonds. The summed E-state index contributed by atoms with van der Waals surface area (Å²) in [6.07, 6.45) is -3.15. The van der Waals surface area contributed by atoms with Gasteiger partial charge in [0.25, 0.3) is 0 Å². The molecule has 0 bridgehead atoms. The summed E-state index contributed by atoms with van der Waals surface area (Å²) in [5, 5.41) is 10.2. The number of benzene rings is 1. The van der Waals surface area contributed by atoms with Gasteiger partial charge in [0.2, 0.25) is 0 Å². The van der Waals surface area contributed by atoms with Crippen LogP contribution >= 0.6 is 15.9 Å². The van der Waals surface area contributed by atoms with Gasteiger partial charge in [-0.1, -0.05) is 15.9 Å². The first kappa shape index (κ1) is 15.8. The van der Waals surface area contributed by atoms with Gasteiger partial charge >= 0.3 is 6.18 Å². The molecule has 6 heteroatoms. The van der Waals surface area contributed by atoms with Crippen LogP contribution in [0.15, 0.2) is 22.7 Å². The van der Waals surface area contributed by atoms with E-state index >= 15 is 0 Å². The predicted octanol–water partition coefficient (Wildman–Crippen LogP) is 4.32. The molecule has 1 heterocycles. The largest absolute Gasteiger partial charge is 0.416 e. The summed E-state index contributed by atoms with van der Waals surface area (Å²) < 4.78 is 43.9. The van der Waals surface area contributed by atoms with E-state index in [0.29, 0.717) is 35.6 Å². The number of halogens is 4. The minimum Gasteiger partial charge on any atom is -0.388 e. The third-order valence-electron chi connectivity index (χ3n) is 3.58. The highest BCUT2D eigenvalue weighted by molar-refractivity contribution is 9.10. The Morgan fingerprint density at radius 1 is 1.30 bits per heavy atom. The zero-order valence-corrected chi connectivity index (χ0v) is 12.4. The van der Waals surface area contributed by atoms with Crippen LogP contribution < -0.4 is 0 Å². The van der Waals surface area contributed by atoms with E-state index in [1.807, 2.05) is 0 Å². The predicted molar refractivity (Wildman–Crippen MR) is 72.3 cm³/mol. The van der Waals surface area contributed by atoms with E-state index < -0.39 is 17.8 Å². The summed E-state index contributed by atoms with van der Waals surface area (Å²) in [4.78, 5) is 0. The molecule has 20 heavy (non-hydrogen) atoms. The number of ether oxygens (including phenoxy) is 1. The van der Waals surface area contributed by atoms with Crippen LogP contribution in [-0.2, 0) is 10.9 Å². The van der Waals surface area contributed by atoms with Gasteiger partial charge in [0.1, 0.15) is 0 Å². The molecule has 1 aliphatic heterocycles. The van der Waals surface area contributed by atoms with Crippen LogP contribution in [0.1, 0.15) is 36.5 Å². The van der Waals surface area contributed by atoms with E-state index in [0.717, 1.165) is 25.0 Å². The van der Waals surface area contributed by atoms with Gasteiger partial charge in [0.15, 0.2) is 0 Å². The molecule has 2 nitrogen and oxygen atoms in total. The second kappa shape index (κ2) is 6.45. The number of aliphatic hydroxyl groups excluding tert-OH is 1. The zero-order valence-electron chi connectivity index (χ0n) is 10.8. The van der Waals surface area contributed by atoms with Crippen molar-refractivity contribution in [3.05, 3.63) is 33.8 Å². The third-order valence-corrected chi connectivity index (χ3v) is 4.30. The molecular formula is C14H16BrF3O2. The summed E-state index contributed by atoms with van der Waals surface area (Å²) in [7, 11) is 0. The Hall–Kier alpha value is -0.590. The Morgan fingerprint density at radius 3 is 2.55 bits per heavy atom. The van der Waals surface area contributed by atoms with Crippen LogP contribution in [0.2, 0.25) is 0 Å². The van der Waals surface area contributed by atoms with E-state index in [1.54, 1.807) is 0 Å². The maximum absolute atomic E-state index is 12.7. The number of aliphatic hydroxyl groups is 1. The van der Waals surface area contributed by atoms with Crippen molar-refractivity contribution in [3.8, 4) is 0 Å². The molecule has 0 saturated carbocycles. The van der Waals surface area contributed by atoms with Gasteiger partial charge in [0.05, 0.1) is 11.7 Å². The molecule has 1 fully saturated rings. The van der Waals surface area contributed by atoms with Crippen molar-refractivity contribution in [2.45, 2.75) is 31.5 Å². The standard InChI is InChI=1S/C14H16BrF3O2/c15-12-2-1-10(14(16,17)18)8-11(12)13(19)7-9-3-5-20-6-4-9/h1-2,8-9,13,19H,3-7H2. The molecule has 1 unspecified atom stereocenters. The molecule has 1 aromatic rings. The summed E-state index contributed by atoms with van der Waals surface area (Å²) >= 11 is 3.21. The Morgan fingerprint density at radius 2 is 1.95 bits per heavy atom. The van der Waals surface area contributed by atoms with Crippen LogP contribution in [0, 0.1) is 5.92 Å². The molecular weight excluding hydrogens is 337 g/mol. The molecule has 1 aliphatic rings. The van der Waals surface area contributed by atoms with Crippen LogP contribution in [0.3, 0.4) is 0 Å². The molecule has 1 N–H and O–H groups in total. The first-order valence-electron chi connectivity index (χ1n) is 6.50. The summed E-state index contributed by atoms with van der Waals surface area (Å²) in [6.45, 7) is 1.31. The normalized spacial score (nSPS) is 19.1. The lowest BCUT2D eigenvalue weighted by atomic mass is 9.90. The Kier molecular flexibility index (Phi) is 5.09. The average Bonchev–Trinajstić information content (AvgIpc) is 2.39. The molecule has 2 rings (SSSR count). The van der Waals surface area contributed by atoms with Crippen molar-refractivity contribution in [1.29, 1.82) is 0 Å². The van der Waals surface area contributed by atoms with E-state index in [9.17, 15) is 18.3 Å². The monoisotopic (exact) mass is 352 g/mol. The number of alkyl halides is 3. The van der Waals surface area contributed by atoms with Crippen LogP contribution in [0.5, 0.6) is 0 Å². The second-order valence-corrected chi connectivity index (χ2v) is 5.90. The number of hydrogen-bond acceptors (Lipinski definition) is 2. The van der Waals surface area contributed by atoms with Gasteiger partial charge in [-0.2, -0.15) is 13.2 Å². The van der Waals surface area contributed by atoms with Crippen molar-refractivity contribution in [1.82, 2.24) is 0 Å². The Labute approximate surface area is 124 Å². The molecule has 0 aromatic heterocycles. The van der Waals surface area contributed by atoms with Crippen molar-refractivity contribution >= 4 is 15.9 Å². The minimum absolute atomic E-state index is 0.292. The lowest BCUT2D eigenvalue weighted by Crippen LogP contribution is -2.18. The second-order valence-electron chi connectivity index (χ2n) is 5.04. The van der Waals surface area contributed by atoms with Gasteiger partial charge in [-0.25, -0.2) is 0 Å². The fraction of sp³-hybridized carbons (Fsp3) is 0.571. The highest BCUT2D eigenvalue weighted by atomic mass is 79.9. The maximum Gasteiger partial charge on any atom is 0.416 e. The lowest BCUT2D eigenvalue weighted by Gasteiger charge is -2.25. The molecule has 1 saturated heterocycles. The van der Waals surface area contributed by atoms with Gasteiger partial charge in [0, 0.05) is 17.7 Å². The van der Waals surface area contributed by atoms with Crippen molar-refractivity contribution in [2.75, 3.05) is 13.2 Å². The molecule has 0 radical (unpaired) electrons. The summed E-state index contributed by atoms with van der Waals surface area (Å²) in [5.74, 6) is 0.292. The topological polar surface area (TPSA) is 29.5 Å². The molecule has 0 spiro atoms. The first-order chi connectivity index (χ1) is 9.38. The highest BCUT2D eigenvalue weighted by Gasteiger charge is 2.32. The summed E-state index contributed by atoms with van der Waals surface area (Å²) in [6, 6.07) is 3.37. The first-order valence-corrected chi connectivity index (χ1v) is 7.29. The zero-order chi connectivity index (χ0) is 14.8. The molecule has 1 aromatic carbocycles. The SMILES string of the molecule is OC(CC1CCOCC1)c1cc(C(F)(F)F)ccc1Br. The molecule has 1 atom stereocenters. The minimum atomic E-state index is -4.39. The molecule has 112 valence electrons. The van der Waals surface area contributed by atoms with Crippen LogP contribution in [0.25, 0.3) is 0 Å². The Balaban J connectivity index is 2.13. The van der Waals surface area contributed by atoms with Gasteiger partial charge < -0.3 is 9.84 Å². The Bertz CT molecular complexity index is 456. The number of rotatable bonds is 3. The van der Waals surface area contributed by atoms with E-state index in [-0.39, 0.29) is 0 Å². The van der Waals surface area contributed by atoms with E-state index in [4.69, 9.17) is 4.74 Å². The lowest BCUT2D eigenvalue weighted by molar-refractivity contribution is -0.137. The van der Waals surface area contributed by atoms with Crippen molar-refractivity contribution < 1.29 is 23.0 Å².